The highest BCUT2D eigenvalue weighted by Crippen LogP contribution is 2.37. The standard InChI is InChI=1S/C25H30N4O5/c1-4-17-9-11-25(12-10-17)23(31)29(24(32)28-25)15-21(30)27-18-6-8-22(26-14-18)34-19-7-5-16(2)13-20(19)33-3/h5-8,13-14,17H,4,9-12,15H2,1-3H3,(H,27,30)(H,28,32). The fourth-order valence-electron chi connectivity index (χ4n) is 4.57. The van der Waals surface area contributed by atoms with Crippen molar-refractivity contribution in [3.05, 3.63) is 42.1 Å². The number of amides is 4. The third-order valence-electron chi connectivity index (χ3n) is 6.64. The zero-order chi connectivity index (χ0) is 24.3. The average molecular weight is 467 g/mol. The second-order valence-corrected chi connectivity index (χ2v) is 8.94. The Hall–Kier alpha value is -3.62. The quantitative estimate of drug-likeness (QED) is 0.597. The second kappa shape index (κ2) is 9.70. The van der Waals surface area contributed by atoms with Gasteiger partial charge in [-0.15, -0.1) is 0 Å². The summed E-state index contributed by atoms with van der Waals surface area (Å²) in [4.78, 5) is 43.2. The third kappa shape index (κ3) is 4.83. The van der Waals surface area contributed by atoms with Crippen LogP contribution in [0.5, 0.6) is 17.4 Å². The summed E-state index contributed by atoms with van der Waals surface area (Å²) in [5.74, 6) is 1.25. The van der Waals surface area contributed by atoms with Gasteiger partial charge in [0.2, 0.25) is 11.8 Å². The molecule has 2 heterocycles. The number of benzene rings is 1. The minimum atomic E-state index is -0.861. The van der Waals surface area contributed by atoms with Gasteiger partial charge in [0, 0.05) is 6.07 Å². The molecular formula is C25H30N4O5. The molecule has 1 saturated heterocycles. The van der Waals surface area contributed by atoms with Crippen molar-refractivity contribution in [2.75, 3.05) is 19.0 Å². The van der Waals surface area contributed by atoms with Crippen LogP contribution in [-0.4, -0.2) is 46.9 Å². The maximum Gasteiger partial charge on any atom is 0.325 e. The van der Waals surface area contributed by atoms with Gasteiger partial charge in [-0.2, -0.15) is 0 Å². The van der Waals surface area contributed by atoms with Crippen LogP contribution in [0, 0.1) is 12.8 Å². The minimum Gasteiger partial charge on any atom is -0.493 e. The van der Waals surface area contributed by atoms with Gasteiger partial charge in [-0.3, -0.25) is 14.5 Å². The summed E-state index contributed by atoms with van der Waals surface area (Å²) in [7, 11) is 1.57. The lowest BCUT2D eigenvalue weighted by Crippen LogP contribution is -2.49. The Morgan fingerprint density at radius 2 is 1.97 bits per heavy atom. The summed E-state index contributed by atoms with van der Waals surface area (Å²) < 4.78 is 11.1. The molecule has 1 aliphatic carbocycles. The summed E-state index contributed by atoms with van der Waals surface area (Å²) in [6, 6.07) is 8.31. The first-order valence-corrected chi connectivity index (χ1v) is 11.6. The molecule has 0 radical (unpaired) electrons. The number of anilines is 1. The van der Waals surface area contributed by atoms with Gasteiger partial charge < -0.3 is 20.1 Å². The van der Waals surface area contributed by atoms with Crippen molar-refractivity contribution in [2.45, 2.75) is 51.5 Å². The van der Waals surface area contributed by atoms with Crippen molar-refractivity contribution in [3.8, 4) is 17.4 Å². The number of urea groups is 1. The van der Waals surface area contributed by atoms with E-state index in [-0.39, 0.29) is 12.5 Å². The fourth-order valence-corrected chi connectivity index (χ4v) is 4.57. The van der Waals surface area contributed by atoms with Crippen LogP contribution in [-0.2, 0) is 9.59 Å². The van der Waals surface area contributed by atoms with E-state index in [0.717, 1.165) is 29.7 Å². The molecule has 180 valence electrons. The van der Waals surface area contributed by atoms with Gasteiger partial charge in [0.25, 0.3) is 5.91 Å². The second-order valence-electron chi connectivity index (χ2n) is 8.94. The Bertz CT molecular complexity index is 1080. The van der Waals surface area contributed by atoms with E-state index in [2.05, 4.69) is 22.5 Å². The topological polar surface area (TPSA) is 110 Å². The van der Waals surface area contributed by atoms with E-state index >= 15 is 0 Å². The van der Waals surface area contributed by atoms with Gasteiger partial charge in [0.15, 0.2) is 11.5 Å². The predicted octanol–water partition coefficient (Wildman–Crippen LogP) is 4.02. The van der Waals surface area contributed by atoms with E-state index in [1.807, 2.05) is 19.1 Å². The van der Waals surface area contributed by atoms with Crippen LogP contribution in [0.25, 0.3) is 0 Å². The van der Waals surface area contributed by atoms with Crippen molar-refractivity contribution in [1.82, 2.24) is 15.2 Å². The number of aryl methyl sites for hydroxylation is 1. The molecule has 4 amide bonds. The highest BCUT2D eigenvalue weighted by molar-refractivity contribution is 6.10. The van der Waals surface area contributed by atoms with E-state index in [4.69, 9.17) is 9.47 Å². The highest BCUT2D eigenvalue weighted by Gasteiger charge is 2.52. The molecule has 1 saturated carbocycles. The van der Waals surface area contributed by atoms with Crippen LogP contribution < -0.4 is 20.1 Å². The van der Waals surface area contributed by atoms with Crippen LogP contribution in [0.2, 0.25) is 0 Å². The minimum absolute atomic E-state index is 0.309. The third-order valence-corrected chi connectivity index (χ3v) is 6.64. The number of aromatic nitrogens is 1. The number of imide groups is 1. The summed E-state index contributed by atoms with van der Waals surface area (Å²) >= 11 is 0. The summed E-state index contributed by atoms with van der Waals surface area (Å²) in [6.07, 6.45) is 5.55. The number of carbonyl (C=O) groups excluding carboxylic acids is 3. The molecule has 1 aliphatic heterocycles. The molecule has 34 heavy (non-hydrogen) atoms. The Morgan fingerprint density at radius 1 is 1.21 bits per heavy atom. The van der Waals surface area contributed by atoms with Crippen LogP contribution in [0.15, 0.2) is 36.5 Å². The van der Waals surface area contributed by atoms with Crippen molar-refractivity contribution in [2.24, 2.45) is 5.92 Å². The number of methoxy groups -OCH3 is 1. The highest BCUT2D eigenvalue weighted by atomic mass is 16.5. The lowest BCUT2D eigenvalue weighted by molar-refractivity contribution is -0.135. The lowest BCUT2D eigenvalue weighted by Gasteiger charge is -2.34. The summed E-state index contributed by atoms with van der Waals surface area (Å²) in [5.41, 5.74) is 0.610. The Morgan fingerprint density at radius 3 is 2.62 bits per heavy atom. The first-order chi connectivity index (χ1) is 16.3. The molecule has 1 spiro atoms. The number of ether oxygens (including phenoxy) is 2. The summed E-state index contributed by atoms with van der Waals surface area (Å²) in [6.45, 7) is 3.75. The molecular weight excluding hydrogens is 436 g/mol. The number of nitrogens with zero attached hydrogens (tertiary/aromatic N) is 2. The maximum atomic E-state index is 13.0. The number of carbonyl (C=O) groups is 3. The van der Waals surface area contributed by atoms with Gasteiger partial charge >= 0.3 is 6.03 Å². The van der Waals surface area contributed by atoms with Gasteiger partial charge in [-0.1, -0.05) is 19.4 Å². The van der Waals surface area contributed by atoms with E-state index in [0.29, 0.717) is 41.8 Å². The molecule has 9 nitrogen and oxygen atoms in total. The lowest BCUT2D eigenvalue weighted by atomic mass is 9.75. The van der Waals surface area contributed by atoms with Gasteiger partial charge in [0.1, 0.15) is 12.1 Å². The van der Waals surface area contributed by atoms with E-state index in [1.54, 1.807) is 25.3 Å². The van der Waals surface area contributed by atoms with Crippen molar-refractivity contribution >= 4 is 23.5 Å². The Balaban J connectivity index is 1.34. The van der Waals surface area contributed by atoms with Crippen LogP contribution >= 0.6 is 0 Å². The number of pyridine rings is 1. The van der Waals surface area contributed by atoms with Gasteiger partial charge in [0.05, 0.1) is 19.0 Å². The molecule has 4 rings (SSSR count). The predicted molar refractivity (Wildman–Crippen MR) is 126 cm³/mol. The smallest absolute Gasteiger partial charge is 0.325 e. The van der Waals surface area contributed by atoms with Crippen molar-refractivity contribution in [3.63, 3.8) is 0 Å². The number of hydrogen-bond acceptors (Lipinski definition) is 6. The van der Waals surface area contributed by atoms with Gasteiger partial charge in [-0.05, 0) is 62.3 Å². The van der Waals surface area contributed by atoms with Gasteiger partial charge in [-0.25, -0.2) is 9.78 Å². The largest absolute Gasteiger partial charge is 0.493 e. The number of rotatable bonds is 7. The molecule has 1 aromatic heterocycles. The van der Waals surface area contributed by atoms with E-state index in [9.17, 15) is 14.4 Å². The zero-order valence-corrected chi connectivity index (χ0v) is 19.7. The molecule has 0 unspecified atom stereocenters. The molecule has 2 aromatic rings. The van der Waals surface area contributed by atoms with Crippen LogP contribution in [0.1, 0.15) is 44.6 Å². The van der Waals surface area contributed by atoms with Crippen molar-refractivity contribution in [1.29, 1.82) is 0 Å². The van der Waals surface area contributed by atoms with Crippen LogP contribution in [0.4, 0.5) is 10.5 Å². The molecule has 2 N–H and O–H groups in total. The zero-order valence-electron chi connectivity index (χ0n) is 19.7. The monoisotopic (exact) mass is 466 g/mol. The normalized spacial score (nSPS) is 22.0. The van der Waals surface area contributed by atoms with Crippen molar-refractivity contribution < 1.29 is 23.9 Å². The molecule has 0 bridgehead atoms. The van der Waals surface area contributed by atoms with Crippen LogP contribution in [0.3, 0.4) is 0 Å². The molecule has 0 atom stereocenters. The Kier molecular flexibility index (Phi) is 6.72. The first-order valence-electron chi connectivity index (χ1n) is 11.6. The molecule has 2 aliphatic rings. The molecule has 2 fully saturated rings. The number of nitrogens with one attached hydrogen (secondary N) is 2. The average Bonchev–Trinajstić information content (AvgIpc) is 3.05. The summed E-state index contributed by atoms with van der Waals surface area (Å²) in [5, 5.41) is 5.53. The molecule has 1 aromatic carbocycles. The fraction of sp³-hybridized carbons (Fsp3) is 0.440. The van der Waals surface area contributed by atoms with E-state index < -0.39 is 17.5 Å². The Labute approximate surface area is 198 Å². The SMILES string of the molecule is CCC1CCC2(CC1)NC(=O)N(CC(=O)Nc1ccc(Oc3ccc(C)cc3OC)nc1)C2=O. The molecule has 9 heteroatoms. The maximum absolute atomic E-state index is 13.0. The number of hydrogen-bond donors (Lipinski definition) is 2. The first kappa shape index (κ1) is 23.5. The van der Waals surface area contributed by atoms with E-state index in [1.165, 1.54) is 6.20 Å².